The molecule has 0 bridgehead atoms. The number of aliphatic hydroxyl groups is 13. The van der Waals surface area contributed by atoms with Gasteiger partial charge in [-0.3, -0.25) is 4.79 Å². The lowest BCUT2D eigenvalue weighted by Gasteiger charge is -2.49. The number of hydrogen-bond acceptors (Lipinski definition) is 21. The minimum atomic E-state index is -2.02. The molecule has 22 heteroatoms. The van der Waals surface area contributed by atoms with Crippen molar-refractivity contribution in [2.24, 2.45) is 0 Å². The summed E-state index contributed by atoms with van der Waals surface area (Å²) in [5.74, 6) is -0.739. The summed E-state index contributed by atoms with van der Waals surface area (Å²) in [6, 6.07) is -1.58. The molecule has 0 radical (unpaired) electrons. The summed E-state index contributed by atoms with van der Waals surface area (Å²) in [5, 5.41) is 135. The topological polar surface area (TPSA) is 357 Å². The Morgan fingerprint density at radius 1 is 0.500 bits per heavy atom. The van der Waals surface area contributed by atoms with Gasteiger partial charge in [-0.2, -0.15) is 0 Å². The Kier molecular flexibility index (Phi) is 13.8. The van der Waals surface area contributed by atoms with Crippen molar-refractivity contribution in [3.8, 4) is 0 Å². The number of carbonyl (C=O) groups excluding carboxylic acids is 1. The normalized spacial score (nSPS) is 50.2. The van der Waals surface area contributed by atoms with E-state index in [9.17, 15) is 71.2 Å². The van der Waals surface area contributed by atoms with Crippen LogP contribution in [-0.4, -0.2) is 221 Å². The number of aliphatic hydroxyl groups excluding tert-OH is 13. The van der Waals surface area contributed by atoms with Gasteiger partial charge < -0.3 is 105 Å². The summed E-state index contributed by atoms with van der Waals surface area (Å²) in [4.78, 5) is 12.1. The van der Waals surface area contributed by atoms with Gasteiger partial charge in [0.15, 0.2) is 25.2 Å². The summed E-state index contributed by atoms with van der Waals surface area (Å²) in [6.45, 7) is -2.34. The minimum Gasteiger partial charge on any atom is -0.394 e. The number of carbonyl (C=O) groups is 1. The van der Waals surface area contributed by atoms with E-state index in [1.165, 1.54) is 0 Å². The van der Waals surface area contributed by atoms with Crippen molar-refractivity contribution in [2.45, 2.75) is 130 Å². The summed E-state index contributed by atoms with van der Waals surface area (Å²) in [6.07, 6.45) is -33.2. The van der Waals surface area contributed by atoms with Crippen LogP contribution in [-0.2, 0) is 38.0 Å². The molecule has 4 saturated heterocycles. The summed E-state index contributed by atoms with van der Waals surface area (Å²) >= 11 is 0. The van der Waals surface area contributed by atoms with Gasteiger partial charge in [0.2, 0.25) is 5.91 Å². The van der Waals surface area contributed by atoms with E-state index in [4.69, 9.17) is 33.2 Å². The van der Waals surface area contributed by atoms with Gasteiger partial charge in [0, 0.05) is 6.92 Å². The molecule has 0 saturated carbocycles. The number of amides is 1. The van der Waals surface area contributed by atoms with Gasteiger partial charge in [-0.15, -0.1) is 0 Å². The van der Waals surface area contributed by atoms with Gasteiger partial charge in [0.25, 0.3) is 0 Å². The number of nitrogens with one attached hydrogen (secondary N) is 1. The molecule has 4 fully saturated rings. The van der Waals surface area contributed by atoms with E-state index in [0.29, 0.717) is 0 Å². The van der Waals surface area contributed by atoms with E-state index in [-0.39, 0.29) is 0 Å². The van der Waals surface area contributed by atoms with Crippen LogP contribution in [0.4, 0.5) is 0 Å². The molecule has 0 aromatic rings. The Hall–Kier alpha value is -1.33. The maximum Gasteiger partial charge on any atom is 0.217 e. The van der Waals surface area contributed by atoms with Crippen LogP contribution in [0.15, 0.2) is 0 Å². The molecule has 20 atom stereocenters. The van der Waals surface area contributed by atoms with Crippen LogP contribution in [0, 0.1) is 0 Å². The molecule has 0 aromatic heterocycles. The SMILES string of the molecule is CC(=O)N[C@H]1[C@H](O[C@H]2[C@H](O)[C@@H](O)[C@H](O[C@H]3[C@H](O)[C@@H](O)C(O)O[C@@H]3CO)O[C@@H]2CO)O[C@H](CO)[C@@H](O[C@@H]2O[C@H](CO)[C@H](O)[C@H](O)[C@H]2O)[C@@H]1O. The first-order valence-corrected chi connectivity index (χ1v) is 15.1. The molecule has 1 unspecified atom stereocenters. The second-order valence-electron chi connectivity index (χ2n) is 11.9. The van der Waals surface area contributed by atoms with E-state index >= 15 is 0 Å². The Morgan fingerprint density at radius 3 is 1.40 bits per heavy atom. The van der Waals surface area contributed by atoms with E-state index in [2.05, 4.69) is 5.32 Å². The van der Waals surface area contributed by atoms with Crippen molar-refractivity contribution in [3.05, 3.63) is 0 Å². The van der Waals surface area contributed by atoms with Gasteiger partial charge in [0.05, 0.1) is 26.4 Å². The van der Waals surface area contributed by atoms with Gasteiger partial charge in [-0.25, -0.2) is 0 Å². The number of ether oxygens (including phenoxy) is 7. The monoisotopic (exact) mass is 707 g/mol. The Labute approximate surface area is 272 Å². The second-order valence-corrected chi connectivity index (χ2v) is 11.9. The van der Waals surface area contributed by atoms with E-state index in [1.54, 1.807) is 0 Å². The molecule has 4 aliphatic heterocycles. The maximum atomic E-state index is 12.1. The lowest BCUT2D eigenvalue weighted by atomic mass is 9.94. The predicted molar refractivity (Wildman–Crippen MR) is 145 cm³/mol. The smallest absolute Gasteiger partial charge is 0.217 e. The van der Waals surface area contributed by atoms with Crippen LogP contribution >= 0.6 is 0 Å². The Morgan fingerprint density at radius 2 is 0.896 bits per heavy atom. The zero-order chi connectivity index (χ0) is 35.6. The first-order valence-electron chi connectivity index (χ1n) is 15.1. The molecule has 280 valence electrons. The molecule has 14 N–H and O–H groups in total. The van der Waals surface area contributed by atoms with Crippen LogP contribution in [0.3, 0.4) is 0 Å². The van der Waals surface area contributed by atoms with Crippen LogP contribution in [0.5, 0.6) is 0 Å². The van der Waals surface area contributed by atoms with E-state index in [1.807, 2.05) is 0 Å². The molecule has 4 rings (SSSR count). The highest BCUT2D eigenvalue weighted by molar-refractivity contribution is 5.73. The van der Waals surface area contributed by atoms with Gasteiger partial charge >= 0.3 is 0 Å². The molecule has 4 aliphatic rings. The fourth-order valence-electron chi connectivity index (χ4n) is 5.95. The molecule has 0 aliphatic carbocycles. The van der Waals surface area contributed by atoms with Crippen molar-refractivity contribution in [1.82, 2.24) is 5.32 Å². The average Bonchev–Trinajstić information content (AvgIpc) is 3.06. The van der Waals surface area contributed by atoms with E-state index in [0.717, 1.165) is 6.92 Å². The zero-order valence-electron chi connectivity index (χ0n) is 25.5. The number of rotatable bonds is 11. The third kappa shape index (κ3) is 8.08. The predicted octanol–water partition coefficient (Wildman–Crippen LogP) is -9.61. The largest absolute Gasteiger partial charge is 0.394 e. The minimum absolute atomic E-state index is 0.739. The zero-order valence-corrected chi connectivity index (χ0v) is 25.5. The molecule has 0 spiro atoms. The number of hydrogen-bond donors (Lipinski definition) is 14. The van der Waals surface area contributed by atoms with Gasteiger partial charge in [-0.05, 0) is 0 Å². The van der Waals surface area contributed by atoms with Crippen molar-refractivity contribution in [3.63, 3.8) is 0 Å². The second kappa shape index (κ2) is 16.8. The lowest BCUT2D eigenvalue weighted by Crippen LogP contribution is -2.69. The van der Waals surface area contributed by atoms with Crippen molar-refractivity contribution in [2.75, 3.05) is 26.4 Å². The molecule has 0 aromatic carbocycles. The lowest BCUT2D eigenvalue weighted by molar-refractivity contribution is -0.379. The highest BCUT2D eigenvalue weighted by atomic mass is 16.8. The van der Waals surface area contributed by atoms with Crippen molar-refractivity contribution >= 4 is 5.91 Å². The first-order chi connectivity index (χ1) is 22.7. The Bertz CT molecular complexity index is 1020. The fraction of sp³-hybridized carbons (Fsp3) is 0.962. The third-order valence-electron chi connectivity index (χ3n) is 8.61. The third-order valence-corrected chi connectivity index (χ3v) is 8.61. The van der Waals surface area contributed by atoms with Crippen LogP contribution < -0.4 is 5.32 Å². The maximum absolute atomic E-state index is 12.1. The van der Waals surface area contributed by atoms with Crippen LogP contribution in [0.1, 0.15) is 6.92 Å². The molecule has 4 heterocycles. The van der Waals surface area contributed by atoms with E-state index < -0.39 is 155 Å². The summed E-state index contributed by atoms with van der Waals surface area (Å²) in [5.41, 5.74) is 0. The highest BCUT2D eigenvalue weighted by Gasteiger charge is 2.55. The van der Waals surface area contributed by atoms with Crippen LogP contribution in [0.25, 0.3) is 0 Å². The van der Waals surface area contributed by atoms with Crippen molar-refractivity contribution in [1.29, 1.82) is 0 Å². The molecule has 1 amide bonds. The fourth-order valence-corrected chi connectivity index (χ4v) is 5.95. The van der Waals surface area contributed by atoms with Crippen molar-refractivity contribution < 1.29 is 104 Å². The average molecular weight is 708 g/mol. The summed E-state index contributed by atoms with van der Waals surface area (Å²) < 4.78 is 38.5. The van der Waals surface area contributed by atoms with Gasteiger partial charge in [0.1, 0.15) is 97.6 Å². The molecular weight excluding hydrogens is 662 g/mol. The molecular formula is C26H45NO21. The quantitative estimate of drug-likeness (QED) is 0.0947. The van der Waals surface area contributed by atoms with Gasteiger partial charge in [-0.1, -0.05) is 0 Å². The summed E-state index contributed by atoms with van der Waals surface area (Å²) in [7, 11) is 0. The standard InChI is InChI=1S/C26H45NO21/c1-6(32)27-11-13(34)20(47-25-18(39)14(35)12(33)7(2-28)43-25)9(4-30)44-24(11)46-22-10(5-31)45-26(19(40)16(22)37)48-21-8(3-29)42-23(41)17(38)15(21)36/h7-26,28-31,33-41H,2-5H2,1H3,(H,27,32)/t7-,8-,9-,10-,11-,12+,13-,14+,15-,16-,17-,18-,19-,20-,21-,22-,23?,24+,25+,26+/m1/s1. The van der Waals surface area contributed by atoms with Crippen LogP contribution in [0.2, 0.25) is 0 Å². The first kappa shape index (κ1) is 39.5. The Balaban J connectivity index is 1.51. The highest BCUT2D eigenvalue weighted by Crippen LogP contribution is 2.34. The molecule has 48 heavy (non-hydrogen) atoms. The molecule has 22 nitrogen and oxygen atoms in total.